The Kier molecular flexibility index (Phi) is 8.59. The molecule has 0 bridgehead atoms. The van der Waals surface area contributed by atoms with Crippen LogP contribution in [-0.2, 0) is 9.53 Å². The highest BCUT2D eigenvalue weighted by Gasteiger charge is 2.05. The Morgan fingerprint density at radius 3 is 2.54 bits per heavy atom. The molecule has 0 aliphatic heterocycles. The molecule has 0 aromatic heterocycles. The lowest BCUT2D eigenvalue weighted by molar-refractivity contribution is -0.116. The molecule has 1 aromatic carbocycles. The number of nitrogens with one attached hydrogen (secondary N) is 3. The fourth-order valence-corrected chi connectivity index (χ4v) is 2.09. The zero-order chi connectivity index (χ0) is 17.9. The second-order valence-corrected chi connectivity index (χ2v) is 5.30. The maximum absolute atomic E-state index is 11.8. The predicted molar refractivity (Wildman–Crippen MR) is 96.9 cm³/mol. The third kappa shape index (κ3) is 6.84. The maximum Gasteiger partial charge on any atom is 0.262 e. The van der Waals surface area contributed by atoms with Crippen LogP contribution >= 0.6 is 12.2 Å². The van der Waals surface area contributed by atoms with Gasteiger partial charge in [-0.25, -0.2) is 0 Å². The van der Waals surface area contributed by atoms with Crippen LogP contribution in [0.2, 0.25) is 0 Å². The Morgan fingerprint density at radius 2 is 1.92 bits per heavy atom. The summed E-state index contributed by atoms with van der Waals surface area (Å²) in [4.78, 5) is 11.8. The number of hydrogen-bond acceptors (Lipinski definition) is 5. The summed E-state index contributed by atoms with van der Waals surface area (Å²) in [6.07, 6.45) is 3.04. The van der Waals surface area contributed by atoms with Gasteiger partial charge < -0.3 is 19.5 Å². The molecule has 0 aliphatic carbocycles. The smallest absolute Gasteiger partial charge is 0.262 e. The summed E-state index contributed by atoms with van der Waals surface area (Å²) in [6, 6.07) is 5.39. The van der Waals surface area contributed by atoms with E-state index in [-0.39, 0.29) is 11.9 Å². The van der Waals surface area contributed by atoms with Crippen LogP contribution in [0.3, 0.4) is 0 Å². The van der Waals surface area contributed by atoms with Gasteiger partial charge in [-0.3, -0.25) is 15.6 Å². The predicted octanol–water partition coefficient (Wildman–Crippen LogP) is 1.25. The highest BCUT2D eigenvalue weighted by molar-refractivity contribution is 7.80. The first-order valence-corrected chi connectivity index (χ1v) is 7.66. The van der Waals surface area contributed by atoms with Gasteiger partial charge in [-0.2, -0.15) is 0 Å². The third-order valence-corrected chi connectivity index (χ3v) is 3.15. The van der Waals surface area contributed by atoms with Crippen LogP contribution < -0.4 is 25.6 Å². The van der Waals surface area contributed by atoms with E-state index >= 15 is 0 Å². The molecule has 0 saturated heterocycles. The minimum Gasteiger partial charge on any atom is -0.493 e. The van der Waals surface area contributed by atoms with Gasteiger partial charge in [0.15, 0.2) is 16.6 Å². The van der Waals surface area contributed by atoms with Crippen LogP contribution in [0.5, 0.6) is 11.5 Å². The van der Waals surface area contributed by atoms with E-state index in [1.807, 2.05) is 13.0 Å². The van der Waals surface area contributed by atoms with E-state index in [0.717, 1.165) is 5.56 Å². The number of benzene rings is 1. The molecule has 0 heterocycles. The average molecular weight is 353 g/mol. The molecule has 0 spiro atoms. The zero-order valence-corrected chi connectivity index (χ0v) is 15.0. The first kappa shape index (κ1) is 19.7. The Bertz CT molecular complexity index is 593. The summed E-state index contributed by atoms with van der Waals surface area (Å²) in [6.45, 7) is 2.42. The average Bonchev–Trinajstić information content (AvgIpc) is 2.57. The molecule has 24 heavy (non-hydrogen) atoms. The molecule has 1 rings (SSSR count). The van der Waals surface area contributed by atoms with Gasteiger partial charge in [0.1, 0.15) is 0 Å². The number of carbonyl (C=O) groups excluding carboxylic acids is 1. The summed E-state index contributed by atoms with van der Waals surface area (Å²) < 4.78 is 15.4. The molecule has 0 unspecified atom stereocenters. The first-order valence-electron chi connectivity index (χ1n) is 7.25. The van der Waals surface area contributed by atoms with Gasteiger partial charge in [0, 0.05) is 19.2 Å². The van der Waals surface area contributed by atoms with Crippen molar-refractivity contribution in [3.05, 3.63) is 29.8 Å². The van der Waals surface area contributed by atoms with Crippen molar-refractivity contribution >= 4 is 29.3 Å². The lowest BCUT2D eigenvalue weighted by atomic mass is 10.2. The van der Waals surface area contributed by atoms with Gasteiger partial charge in [-0.1, -0.05) is 6.07 Å². The highest BCUT2D eigenvalue weighted by Crippen LogP contribution is 2.27. The van der Waals surface area contributed by atoms with E-state index in [2.05, 4.69) is 16.2 Å². The fourth-order valence-electron chi connectivity index (χ4n) is 1.84. The molecular weight excluding hydrogens is 330 g/mol. The van der Waals surface area contributed by atoms with E-state index in [1.54, 1.807) is 39.5 Å². The van der Waals surface area contributed by atoms with E-state index < -0.39 is 0 Å². The second kappa shape index (κ2) is 10.5. The van der Waals surface area contributed by atoms with Crippen LogP contribution in [0.15, 0.2) is 24.3 Å². The summed E-state index contributed by atoms with van der Waals surface area (Å²) in [5, 5.41) is 3.28. The number of thiocarbonyl (C=S) groups is 1. The maximum atomic E-state index is 11.8. The minimum atomic E-state index is -0.340. The van der Waals surface area contributed by atoms with Crippen LogP contribution in [0, 0.1) is 0 Å². The third-order valence-electron chi connectivity index (χ3n) is 2.93. The van der Waals surface area contributed by atoms with E-state index in [4.69, 9.17) is 26.4 Å². The highest BCUT2D eigenvalue weighted by atomic mass is 32.1. The van der Waals surface area contributed by atoms with Gasteiger partial charge in [0.05, 0.1) is 20.8 Å². The first-order chi connectivity index (χ1) is 11.5. The molecule has 0 aliphatic rings. The number of methoxy groups -OCH3 is 3. The largest absolute Gasteiger partial charge is 0.493 e. The minimum absolute atomic E-state index is 0.0363. The topological polar surface area (TPSA) is 80.9 Å². The number of hydrazine groups is 1. The van der Waals surface area contributed by atoms with Gasteiger partial charge in [-0.15, -0.1) is 0 Å². The molecular formula is C16H23N3O4S. The molecule has 7 nitrogen and oxygen atoms in total. The molecule has 132 valence electrons. The molecule has 3 N–H and O–H groups in total. The summed E-state index contributed by atoms with van der Waals surface area (Å²) in [5.74, 6) is 0.881. The molecule has 0 saturated carbocycles. The van der Waals surface area contributed by atoms with Gasteiger partial charge >= 0.3 is 0 Å². The number of rotatable bonds is 7. The number of amides is 1. The van der Waals surface area contributed by atoms with Crippen LogP contribution in [0.1, 0.15) is 12.5 Å². The lowest BCUT2D eigenvalue weighted by Gasteiger charge is -2.15. The van der Waals surface area contributed by atoms with Crippen molar-refractivity contribution in [2.24, 2.45) is 0 Å². The van der Waals surface area contributed by atoms with E-state index in [1.165, 1.54) is 6.08 Å². The van der Waals surface area contributed by atoms with Gasteiger partial charge in [0.2, 0.25) is 0 Å². The van der Waals surface area contributed by atoms with Gasteiger partial charge in [0.25, 0.3) is 5.91 Å². The monoisotopic (exact) mass is 353 g/mol. The standard InChI is InChI=1S/C16H23N3O4S/c1-11(10-21-2)17-16(24)19-18-15(20)8-6-12-5-7-13(22-3)14(9-12)23-4/h5-9,11H,10H2,1-4H3,(H,18,20)(H2,17,19,24)/b8-6+/t11-/m1/s1. The normalized spacial score (nSPS) is 11.7. The molecule has 1 atom stereocenters. The van der Waals surface area contributed by atoms with Gasteiger partial charge in [-0.05, 0) is 42.9 Å². The Hall–Kier alpha value is -2.32. The lowest BCUT2D eigenvalue weighted by Crippen LogP contribution is -2.49. The molecule has 1 amide bonds. The van der Waals surface area contributed by atoms with Crippen LogP contribution in [0.4, 0.5) is 0 Å². The zero-order valence-electron chi connectivity index (χ0n) is 14.2. The van der Waals surface area contributed by atoms with Crippen molar-refractivity contribution in [3.8, 4) is 11.5 Å². The quantitative estimate of drug-likeness (QED) is 0.387. The van der Waals surface area contributed by atoms with E-state index in [0.29, 0.717) is 23.2 Å². The van der Waals surface area contributed by atoms with Crippen molar-refractivity contribution in [3.63, 3.8) is 0 Å². The van der Waals surface area contributed by atoms with Crippen LogP contribution in [0.25, 0.3) is 6.08 Å². The second-order valence-electron chi connectivity index (χ2n) is 4.89. The summed E-state index contributed by atoms with van der Waals surface area (Å²) in [7, 11) is 4.73. The fraction of sp³-hybridized carbons (Fsp3) is 0.375. The van der Waals surface area contributed by atoms with Crippen molar-refractivity contribution in [1.82, 2.24) is 16.2 Å². The molecule has 0 radical (unpaired) electrons. The Labute approximate surface area is 147 Å². The summed E-state index contributed by atoms with van der Waals surface area (Å²) in [5.41, 5.74) is 5.90. The summed E-state index contributed by atoms with van der Waals surface area (Å²) >= 11 is 5.05. The SMILES string of the molecule is COC[C@@H](C)NC(=S)NNC(=O)/C=C/c1ccc(OC)c(OC)c1. The number of hydrogen-bond donors (Lipinski definition) is 3. The molecule has 1 aromatic rings. The van der Waals surface area contributed by atoms with Crippen molar-refractivity contribution < 1.29 is 19.0 Å². The molecule has 0 fully saturated rings. The van der Waals surface area contributed by atoms with Crippen LogP contribution in [-0.4, -0.2) is 45.0 Å². The van der Waals surface area contributed by atoms with Crippen molar-refractivity contribution in [2.75, 3.05) is 27.9 Å². The van der Waals surface area contributed by atoms with E-state index in [9.17, 15) is 4.79 Å². The number of ether oxygens (including phenoxy) is 3. The Morgan fingerprint density at radius 1 is 1.21 bits per heavy atom. The number of carbonyl (C=O) groups is 1. The Balaban J connectivity index is 2.50. The van der Waals surface area contributed by atoms with Crippen molar-refractivity contribution in [2.45, 2.75) is 13.0 Å². The molecule has 8 heteroatoms. The van der Waals surface area contributed by atoms with Crippen molar-refractivity contribution in [1.29, 1.82) is 0 Å².